The third-order valence-electron chi connectivity index (χ3n) is 6.24. The molecular weight excluding hydrogens is 428 g/mol. The van der Waals surface area contributed by atoms with E-state index >= 15 is 0 Å². The van der Waals surface area contributed by atoms with Crippen LogP contribution in [0.5, 0.6) is 11.5 Å². The Bertz CT molecular complexity index is 1120. The zero-order valence-corrected chi connectivity index (χ0v) is 18.0. The first kappa shape index (κ1) is 21.6. The molecule has 8 heteroatoms. The fourth-order valence-corrected chi connectivity index (χ4v) is 4.56. The van der Waals surface area contributed by atoms with E-state index < -0.39 is 13.0 Å². The molecular formula is C25H25F2N3O3. The van der Waals surface area contributed by atoms with Gasteiger partial charge in [0, 0.05) is 30.2 Å². The lowest BCUT2D eigenvalue weighted by Crippen LogP contribution is -2.32. The van der Waals surface area contributed by atoms with Crippen molar-refractivity contribution in [1.29, 1.82) is 0 Å². The van der Waals surface area contributed by atoms with Gasteiger partial charge in [0.25, 0.3) is 6.43 Å². The number of aliphatic hydroxyl groups excluding tert-OH is 1. The number of ether oxygens (including phenoxy) is 2. The van der Waals surface area contributed by atoms with Gasteiger partial charge in [-0.15, -0.1) is 0 Å². The van der Waals surface area contributed by atoms with Crippen molar-refractivity contribution < 1.29 is 23.4 Å². The number of benzene rings is 2. The van der Waals surface area contributed by atoms with Crippen LogP contribution in [0.25, 0.3) is 5.69 Å². The van der Waals surface area contributed by atoms with Crippen LogP contribution in [0.3, 0.4) is 0 Å². The van der Waals surface area contributed by atoms with Crippen molar-refractivity contribution in [2.45, 2.75) is 50.4 Å². The maximum absolute atomic E-state index is 12.9. The highest BCUT2D eigenvalue weighted by atomic mass is 19.3. The zero-order valence-electron chi connectivity index (χ0n) is 18.0. The standard InChI is InChI=1S/C25H25F2N3O3/c26-25(27)14-33-24-11-20-17(12-29-22-6-5-19(31)10-21(20)22)9-23(24)32-13-16-1-3-18(4-2-16)30-8-7-28-15-30/h1-4,7-9,11-12,15,19,21-22,25,31H,5-6,10,13-14H2. The Hall–Kier alpha value is -3.26. The Kier molecular flexibility index (Phi) is 6.09. The monoisotopic (exact) mass is 453 g/mol. The Labute approximate surface area is 190 Å². The number of aliphatic imine (C=N–C) groups is 1. The topological polar surface area (TPSA) is 68.9 Å². The molecule has 1 fully saturated rings. The third kappa shape index (κ3) is 4.75. The van der Waals surface area contributed by atoms with Gasteiger partial charge in [-0.05, 0) is 60.2 Å². The van der Waals surface area contributed by atoms with Gasteiger partial charge < -0.3 is 19.1 Å². The number of alkyl halides is 2. The molecule has 1 N–H and O–H groups in total. The van der Waals surface area contributed by atoms with Gasteiger partial charge in [0.1, 0.15) is 13.2 Å². The summed E-state index contributed by atoms with van der Waals surface area (Å²) in [6, 6.07) is 11.5. The van der Waals surface area contributed by atoms with Crippen LogP contribution >= 0.6 is 0 Å². The second-order valence-corrected chi connectivity index (χ2v) is 8.47. The van der Waals surface area contributed by atoms with Gasteiger partial charge in [0.15, 0.2) is 11.5 Å². The van der Waals surface area contributed by atoms with Crippen LogP contribution in [0, 0.1) is 0 Å². The first-order chi connectivity index (χ1) is 16.1. The molecule has 1 aromatic heterocycles. The maximum atomic E-state index is 12.9. The van der Waals surface area contributed by atoms with Crippen LogP contribution in [-0.2, 0) is 6.61 Å². The van der Waals surface area contributed by atoms with Crippen molar-refractivity contribution in [2.75, 3.05) is 6.61 Å². The number of rotatable bonds is 7. The Morgan fingerprint density at radius 1 is 1.09 bits per heavy atom. The highest BCUT2D eigenvalue weighted by molar-refractivity contribution is 5.85. The summed E-state index contributed by atoms with van der Waals surface area (Å²) in [6.07, 6.45) is 6.30. The van der Waals surface area contributed by atoms with Crippen molar-refractivity contribution in [3.63, 3.8) is 0 Å². The molecule has 3 unspecified atom stereocenters. The molecule has 1 aliphatic heterocycles. The molecule has 172 valence electrons. The summed E-state index contributed by atoms with van der Waals surface area (Å²) in [6.45, 7) is -0.449. The molecule has 1 aliphatic carbocycles. The first-order valence-corrected chi connectivity index (χ1v) is 11.1. The second-order valence-electron chi connectivity index (χ2n) is 8.47. The average Bonchev–Trinajstić information content (AvgIpc) is 3.36. The van der Waals surface area contributed by atoms with Gasteiger partial charge in [-0.3, -0.25) is 4.99 Å². The molecule has 0 bridgehead atoms. The van der Waals surface area contributed by atoms with Gasteiger partial charge in [-0.25, -0.2) is 13.8 Å². The van der Waals surface area contributed by atoms with E-state index in [0.717, 1.165) is 35.2 Å². The summed E-state index contributed by atoms with van der Waals surface area (Å²) in [5.41, 5.74) is 3.75. The molecule has 2 heterocycles. The quantitative estimate of drug-likeness (QED) is 0.571. The summed E-state index contributed by atoms with van der Waals surface area (Å²) in [4.78, 5) is 8.71. The molecule has 2 aliphatic rings. The number of hydrogen-bond donors (Lipinski definition) is 1. The lowest BCUT2D eigenvalue weighted by Gasteiger charge is -2.35. The van der Waals surface area contributed by atoms with Gasteiger partial charge in [-0.1, -0.05) is 12.1 Å². The molecule has 5 rings (SSSR count). The van der Waals surface area contributed by atoms with E-state index in [1.54, 1.807) is 24.7 Å². The summed E-state index contributed by atoms with van der Waals surface area (Å²) in [7, 11) is 0. The molecule has 3 aromatic rings. The summed E-state index contributed by atoms with van der Waals surface area (Å²) < 4.78 is 39.1. The highest BCUT2D eigenvalue weighted by Gasteiger charge is 2.34. The minimum Gasteiger partial charge on any atom is -0.485 e. The van der Waals surface area contributed by atoms with Crippen LogP contribution in [0.4, 0.5) is 8.78 Å². The molecule has 3 atom stereocenters. The first-order valence-electron chi connectivity index (χ1n) is 11.1. The van der Waals surface area contributed by atoms with E-state index in [1.165, 1.54) is 0 Å². The summed E-state index contributed by atoms with van der Waals surface area (Å²) >= 11 is 0. The minimum atomic E-state index is -2.59. The van der Waals surface area contributed by atoms with Crippen LogP contribution in [0.1, 0.15) is 41.9 Å². The number of nitrogens with zero attached hydrogens (tertiary/aromatic N) is 3. The Morgan fingerprint density at radius 2 is 1.91 bits per heavy atom. The predicted octanol–water partition coefficient (Wildman–Crippen LogP) is 4.52. The number of imidazole rings is 1. The average molecular weight is 453 g/mol. The molecule has 0 saturated heterocycles. The lowest BCUT2D eigenvalue weighted by molar-refractivity contribution is 0.0795. The van der Waals surface area contributed by atoms with Gasteiger partial charge in [0.2, 0.25) is 0 Å². The smallest absolute Gasteiger partial charge is 0.272 e. The summed E-state index contributed by atoms with van der Waals surface area (Å²) in [5.74, 6) is 0.736. The van der Waals surface area contributed by atoms with Crippen LogP contribution in [0.2, 0.25) is 0 Å². The second kappa shape index (κ2) is 9.31. The molecule has 0 spiro atoms. The number of aromatic nitrogens is 2. The van der Waals surface area contributed by atoms with Crippen molar-refractivity contribution in [1.82, 2.24) is 9.55 Å². The van der Waals surface area contributed by atoms with Crippen molar-refractivity contribution in [3.05, 3.63) is 71.8 Å². The highest BCUT2D eigenvalue weighted by Crippen LogP contribution is 2.43. The number of aliphatic hydroxyl groups is 1. The fourth-order valence-electron chi connectivity index (χ4n) is 4.56. The van der Waals surface area contributed by atoms with Gasteiger partial charge in [0.05, 0.1) is 18.5 Å². The van der Waals surface area contributed by atoms with E-state index in [4.69, 9.17) is 9.47 Å². The van der Waals surface area contributed by atoms with E-state index in [9.17, 15) is 13.9 Å². The van der Waals surface area contributed by atoms with Gasteiger partial charge >= 0.3 is 0 Å². The Morgan fingerprint density at radius 3 is 2.67 bits per heavy atom. The van der Waals surface area contributed by atoms with E-state index in [1.807, 2.05) is 41.2 Å². The molecule has 0 amide bonds. The molecule has 6 nitrogen and oxygen atoms in total. The fraction of sp³-hybridized carbons (Fsp3) is 0.360. The van der Waals surface area contributed by atoms with Crippen molar-refractivity contribution in [2.24, 2.45) is 4.99 Å². The molecule has 1 saturated carbocycles. The lowest BCUT2D eigenvalue weighted by atomic mass is 9.76. The molecule has 0 radical (unpaired) electrons. The van der Waals surface area contributed by atoms with Crippen molar-refractivity contribution in [3.8, 4) is 17.2 Å². The minimum absolute atomic E-state index is 0.0485. The number of fused-ring (bicyclic) bond motifs is 3. The zero-order chi connectivity index (χ0) is 22.8. The normalized spacial score (nSPS) is 21.5. The number of hydrogen-bond acceptors (Lipinski definition) is 5. The van der Waals surface area contributed by atoms with Crippen molar-refractivity contribution >= 4 is 6.21 Å². The summed E-state index contributed by atoms with van der Waals surface area (Å²) in [5, 5.41) is 10.2. The predicted molar refractivity (Wildman–Crippen MR) is 120 cm³/mol. The number of halogens is 2. The van der Waals surface area contributed by atoms with E-state index in [2.05, 4.69) is 9.98 Å². The largest absolute Gasteiger partial charge is 0.485 e. The van der Waals surface area contributed by atoms with E-state index in [-0.39, 0.29) is 30.4 Å². The SMILES string of the molecule is OC1CCC2N=Cc3cc(OCc4ccc(-n5ccnc5)cc4)c(OCC(F)F)cc3C2C1. The molecule has 33 heavy (non-hydrogen) atoms. The third-order valence-corrected chi connectivity index (χ3v) is 6.24. The van der Waals surface area contributed by atoms with E-state index in [0.29, 0.717) is 12.2 Å². The van der Waals surface area contributed by atoms with Crippen LogP contribution in [0.15, 0.2) is 60.1 Å². The molecule has 2 aromatic carbocycles. The maximum Gasteiger partial charge on any atom is 0.272 e. The van der Waals surface area contributed by atoms with Gasteiger partial charge in [-0.2, -0.15) is 0 Å². The van der Waals surface area contributed by atoms with Crippen LogP contribution < -0.4 is 9.47 Å². The Balaban J connectivity index is 1.38. The van der Waals surface area contributed by atoms with Crippen LogP contribution in [-0.4, -0.2) is 46.1 Å².